The van der Waals surface area contributed by atoms with Gasteiger partial charge in [-0.05, 0) is 131 Å². The van der Waals surface area contributed by atoms with E-state index >= 15 is 0 Å². The fraction of sp³-hybridized carbons (Fsp3) is 0.0980. The highest BCUT2D eigenvalue weighted by Gasteiger charge is 2.36. The molecule has 256 valence electrons. The van der Waals surface area contributed by atoms with Crippen LogP contribution in [0.5, 0.6) is 0 Å². The Morgan fingerprint density at radius 3 is 1.72 bits per heavy atom. The van der Waals surface area contributed by atoms with Crippen LogP contribution in [0.1, 0.15) is 54.3 Å². The summed E-state index contributed by atoms with van der Waals surface area (Å²) in [6.45, 7) is 9.13. The molecule has 0 saturated heterocycles. The Morgan fingerprint density at radius 2 is 1.09 bits per heavy atom. The quantitative estimate of drug-likeness (QED) is 0.152. The highest BCUT2D eigenvalue weighted by molar-refractivity contribution is 5.97. The molecule has 0 saturated carbocycles. The molecule has 0 bridgehead atoms. The lowest BCUT2D eigenvalue weighted by atomic mass is 9.81. The third-order valence-electron chi connectivity index (χ3n) is 11.1. The Balaban J connectivity index is 1.15. The predicted octanol–water partition coefficient (Wildman–Crippen LogP) is 13.6. The van der Waals surface area contributed by atoms with E-state index in [9.17, 15) is 1.37 Å². The highest BCUT2D eigenvalue weighted by Crippen LogP contribution is 2.51. The van der Waals surface area contributed by atoms with Gasteiger partial charge in [-0.3, -0.25) is 0 Å². The number of hydrogen-bond acceptors (Lipinski definition) is 1. The van der Waals surface area contributed by atoms with Crippen LogP contribution < -0.4 is 4.90 Å². The van der Waals surface area contributed by atoms with Gasteiger partial charge in [-0.25, -0.2) is 0 Å². The van der Waals surface area contributed by atoms with Crippen LogP contribution in [-0.2, 0) is 5.41 Å². The minimum atomic E-state index is -0.240. The molecule has 7 aromatic carbocycles. The molecule has 1 aliphatic carbocycles. The third-order valence-corrected chi connectivity index (χ3v) is 11.1. The predicted molar refractivity (Wildman–Crippen MR) is 225 cm³/mol. The standard InChI is InChI=1S/C51H42N2/c1-35-36(2)52(40-19-11-6-12-20-40)50-34-49-47(33-45(35)50)44-30-25-37(32-48(44)51(49,3)4)31-46(38-17-9-5-10-18-38)39-26-28-43(29-27-39)53(41-21-13-7-14-22-41)42-23-15-8-16-24-42/h5-34H,1-4H3/b46-31+/i31D. The Bertz CT molecular complexity index is 2630. The summed E-state index contributed by atoms with van der Waals surface area (Å²) < 4.78 is 12.2. The van der Waals surface area contributed by atoms with E-state index in [-0.39, 0.29) is 5.41 Å². The maximum Gasteiger partial charge on any atom is 0.0636 e. The molecule has 9 rings (SSSR count). The second-order valence-electron chi connectivity index (χ2n) is 14.6. The Labute approximate surface area is 314 Å². The van der Waals surface area contributed by atoms with Crippen molar-refractivity contribution in [1.82, 2.24) is 4.57 Å². The first-order chi connectivity index (χ1) is 26.3. The van der Waals surface area contributed by atoms with Crippen LogP contribution in [0.4, 0.5) is 17.1 Å². The number of anilines is 3. The average Bonchev–Trinajstić information content (AvgIpc) is 3.60. The average molecular weight is 684 g/mol. The zero-order chi connectivity index (χ0) is 37.0. The Hall–Kier alpha value is -6.38. The van der Waals surface area contributed by atoms with E-state index in [2.05, 4.69) is 195 Å². The van der Waals surface area contributed by atoms with Gasteiger partial charge in [-0.1, -0.05) is 129 Å². The zero-order valence-corrected chi connectivity index (χ0v) is 30.6. The monoisotopic (exact) mass is 683 g/mol. The van der Waals surface area contributed by atoms with Crippen LogP contribution in [0.25, 0.3) is 39.3 Å². The van der Waals surface area contributed by atoms with Crippen molar-refractivity contribution in [2.75, 3.05) is 4.90 Å². The van der Waals surface area contributed by atoms with Crippen molar-refractivity contribution in [3.63, 3.8) is 0 Å². The molecule has 1 heterocycles. The molecule has 0 N–H and O–H groups in total. The van der Waals surface area contributed by atoms with Crippen molar-refractivity contribution in [2.45, 2.75) is 33.1 Å². The van der Waals surface area contributed by atoms with Gasteiger partial charge >= 0.3 is 0 Å². The summed E-state index contributed by atoms with van der Waals surface area (Å²) >= 11 is 0. The van der Waals surface area contributed by atoms with Crippen molar-refractivity contribution in [1.29, 1.82) is 0 Å². The summed E-state index contributed by atoms with van der Waals surface area (Å²) in [7, 11) is 0. The molecule has 0 amide bonds. The van der Waals surface area contributed by atoms with Crippen LogP contribution in [0.3, 0.4) is 0 Å². The van der Waals surface area contributed by atoms with Crippen LogP contribution in [0.2, 0.25) is 0 Å². The molecule has 1 aliphatic rings. The topological polar surface area (TPSA) is 8.17 Å². The number of aromatic nitrogens is 1. The largest absolute Gasteiger partial charge is 0.314 e. The molecule has 0 atom stereocenters. The van der Waals surface area contributed by atoms with Crippen LogP contribution in [-0.4, -0.2) is 4.57 Å². The van der Waals surface area contributed by atoms with Crippen LogP contribution in [0, 0.1) is 13.8 Å². The molecule has 2 nitrogen and oxygen atoms in total. The second kappa shape index (κ2) is 13.0. The van der Waals surface area contributed by atoms with E-state index in [1.165, 1.54) is 50.1 Å². The molecule has 0 spiro atoms. The van der Waals surface area contributed by atoms with Gasteiger partial charge in [0.2, 0.25) is 0 Å². The lowest BCUT2D eigenvalue weighted by Crippen LogP contribution is -2.15. The summed E-state index contributed by atoms with van der Waals surface area (Å²) in [6, 6.07) is 62.7. The highest BCUT2D eigenvalue weighted by atomic mass is 15.1. The normalized spacial score (nSPS) is 13.6. The molecule has 0 unspecified atom stereocenters. The van der Waals surface area contributed by atoms with Gasteiger partial charge < -0.3 is 9.47 Å². The maximum absolute atomic E-state index is 9.84. The van der Waals surface area contributed by atoms with E-state index in [4.69, 9.17) is 0 Å². The molecule has 2 heteroatoms. The third kappa shape index (κ3) is 5.59. The first-order valence-electron chi connectivity index (χ1n) is 18.9. The van der Waals surface area contributed by atoms with E-state index in [0.717, 1.165) is 39.3 Å². The lowest BCUT2D eigenvalue weighted by molar-refractivity contribution is 0.660. The molecule has 53 heavy (non-hydrogen) atoms. The molecular weight excluding hydrogens is 641 g/mol. The smallest absolute Gasteiger partial charge is 0.0636 e. The second-order valence-corrected chi connectivity index (χ2v) is 14.6. The number of fused-ring (bicyclic) bond motifs is 4. The molecule has 8 aromatic rings. The van der Waals surface area contributed by atoms with Gasteiger partial charge in [0, 0.05) is 39.2 Å². The van der Waals surface area contributed by atoms with E-state index in [1.54, 1.807) is 0 Å². The van der Waals surface area contributed by atoms with Gasteiger partial charge in [-0.15, -0.1) is 0 Å². The van der Waals surface area contributed by atoms with Crippen molar-refractivity contribution in [3.05, 3.63) is 215 Å². The van der Waals surface area contributed by atoms with Crippen molar-refractivity contribution in [3.8, 4) is 16.8 Å². The SMILES string of the molecule is [2H]/C(=C(/c1ccccc1)c1ccc(N(c2ccccc2)c2ccccc2)cc1)c1ccc2c(c1)C(C)(C)c1cc3c(cc1-2)c(C)c(C)n3-c1ccccc1. The first-order valence-corrected chi connectivity index (χ1v) is 18.4. The number of para-hydroxylation sites is 3. The molecule has 0 aliphatic heterocycles. The van der Waals surface area contributed by atoms with Crippen LogP contribution in [0.15, 0.2) is 176 Å². The van der Waals surface area contributed by atoms with E-state index < -0.39 is 0 Å². The van der Waals surface area contributed by atoms with Crippen molar-refractivity contribution in [2.24, 2.45) is 0 Å². The van der Waals surface area contributed by atoms with Gasteiger partial charge in [0.1, 0.15) is 0 Å². The van der Waals surface area contributed by atoms with Crippen molar-refractivity contribution < 1.29 is 1.37 Å². The summed E-state index contributed by atoms with van der Waals surface area (Å²) in [5, 5.41) is 1.29. The van der Waals surface area contributed by atoms with Gasteiger partial charge in [0.05, 0.1) is 6.89 Å². The fourth-order valence-corrected chi connectivity index (χ4v) is 8.22. The van der Waals surface area contributed by atoms with E-state index in [0.29, 0.717) is 6.05 Å². The Morgan fingerprint density at radius 1 is 0.566 bits per heavy atom. The van der Waals surface area contributed by atoms with Crippen molar-refractivity contribution >= 4 is 39.6 Å². The zero-order valence-electron chi connectivity index (χ0n) is 31.6. The number of rotatable bonds is 7. The first kappa shape index (κ1) is 31.4. The van der Waals surface area contributed by atoms with Gasteiger partial charge in [-0.2, -0.15) is 0 Å². The van der Waals surface area contributed by atoms with E-state index in [1.807, 2.05) is 18.2 Å². The number of hydrogen-bond donors (Lipinski definition) is 0. The minimum absolute atomic E-state index is 0.240. The molecule has 0 fully saturated rings. The summed E-state index contributed by atoms with van der Waals surface area (Å²) in [5.74, 6) is 0. The van der Waals surface area contributed by atoms with Crippen LogP contribution >= 0.6 is 0 Å². The fourth-order valence-electron chi connectivity index (χ4n) is 8.22. The number of nitrogens with zero attached hydrogens (tertiary/aromatic N) is 2. The lowest BCUT2D eigenvalue weighted by Gasteiger charge is -2.25. The minimum Gasteiger partial charge on any atom is -0.314 e. The number of benzene rings is 7. The molecule has 0 radical (unpaired) electrons. The number of aryl methyl sites for hydroxylation is 1. The maximum atomic E-state index is 9.84. The molecule has 1 aromatic heterocycles. The Kier molecular flexibility index (Phi) is 7.69. The summed E-state index contributed by atoms with van der Waals surface area (Å²) in [4.78, 5) is 2.27. The van der Waals surface area contributed by atoms with Gasteiger partial charge in [0.15, 0.2) is 0 Å². The summed E-state index contributed by atoms with van der Waals surface area (Å²) in [5.41, 5.74) is 17.0. The summed E-state index contributed by atoms with van der Waals surface area (Å²) in [6.07, 6.45) is 0. The molecular formula is C51H42N2. The van der Waals surface area contributed by atoms with Gasteiger partial charge in [0.25, 0.3) is 0 Å².